The van der Waals surface area contributed by atoms with Gasteiger partial charge in [0.15, 0.2) is 0 Å². The molecular formula is C48H49N9NaO5S+. The van der Waals surface area contributed by atoms with Gasteiger partial charge in [0.25, 0.3) is 15.9 Å². The van der Waals surface area contributed by atoms with Gasteiger partial charge in [-0.2, -0.15) is 0 Å². The number of benzene rings is 4. The van der Waals surface area contributed by atoms with Crippen molar-refractivity contribution < 1.29 is 52.1 Å². The third-order valence-electron chi connectivity index (χ3n) is 10.5. The molecule has 3 aromatic heterocycles. The normalized spacial score (nSPS) is 12.9. The van der Waals surface area contributed by atoms with E-state index in [2.05, 4.69) is 47.6 Å². The summed E-state index contributed by atoms with van der Waals surface area (Å²) in [6.45, 7) is 10.6. The molecule has 1 aliphatic heterocycles. The molecule has 4 heterocycles. The van der Waals surface area contributed by atoms with Crippen molar-refractivity contribution >= 4 is 39.2 Å². The Bertz CT molecular complexity index is 2770. The van der Waals surface area contributed by atoms with Gasteiger partial charge in [0, 0.05) is 85.8 Å². The van der Waals surface area contributed by atoms with E-state index in [-0.39, 0.29) is 46.8 Å². The second-order valence-corrected chi connectivity index (χ2v) is 16.8. The molecule has 64 heavy (non-hydrogen) atoms. The van der Waals surface area contributed by atoms with Crippen molar-refractivity contribution in [2.24, 2.45) is 0 Å². The van der Waals surface area contributed by atoms with E-state index in [0.717, 1.165) is 71.9 Å². The fourth-order valence-corrected chi connectivity index (χ4v) is 7.92. The van der Waals surface area contributed by atoms with E-state index in [1.54, 1.807) is 44.6 Å². The summed E-state index contributed by atoms with van der Waals surface area (Å²) >= 11 is 0. The Balaban J connectivity index is 0.000000222. The molecular weight excluding hydrogens is 838 g/mol. The van der Waals surface area contributed by atoms with E-state index < -0.39 is 15.9 Å². The molecule has 3 N–H and O–H groups in total. The molecule has 7 aromatic rings. The zero-order chi connectivity index (χ0) is 44.3. The summed E-state index contributed by atoms with van der Waals surface area (Å²) in [4.78, 5) is 42.3. The van der Waals surface area contributed by atoms with E-state index in [9.17, 15) is 18.0 Å². The molecule has 1 aliphatic rings. The number of nitrogens with one attached hydrogen (secondary N) is 3. The van der Waals surface area contributed by atoms with Crippen molar-refractivity contribution in [3.63, 3.8) is 0 Å². The summed E-state index contributed by atoms with van der Waals surface area (Å²) in [5.74, 6) is 0.425. The quantitative estimate of drug-likeness (QED) is 0.138. The number of likely N-dealkylation sites (N-methyl/N-ethyl adjacent to an activating group) is 1. The van der Waals surface area contributed by atoms with Crippen LogP contribution in [0, 0.1) is 13.8 Å². The van der Waals surface area contributed by atoms with E-state index in [0.29, 0.717) is 28.7 Å². The Labute approximate surface area is 395 Å². The predicted octanol–water partition coefficient (Wildman–Crippen LogP) is 5.13. The maximum absolute atomic E-state index is 12.9. The van der Waals surface area contributed by atoms with Crippen LogP contribution >= 0.6 is 0 Å². The topological polar surface area (TPSA) is 176 Å². The summed E-state index contributed by atoms with van der Waals surface area (Å²) in [5, 5.41) is 10.4. The second-order valence-electron chi connectivity index (χ2n) is 15.1. The van der Waals surface area contributed by atoms with Gasteiger partial charge in [0.05, 0.1) is 16.2 Å². The van der Waals surface area contributed by atoms with Crippen LogP contribution in [-0.4, -0.2) is 83.4 Å². The average molecular weight is 887 g/mol. The zero-order valence-electron chi connectivity index (χ0n) is 36.6. The van der Waals surface area contributed by atoms with Gasteiger partial charge in [0.2, 0.25) is 11.9 Å². The Morgan fingerprint density at radius 3 is 2.20 bits per heavy atom. The molecule has 14 nitrogen and oxygen atoms in total. The number of anilines is 3. The fraction of sp³-hybridized carbons (Fsp3) is 0.208. The number of hydrogen-bond acceptors (Lipinski definition) is 12. The number of pyridine rings is 1. The SMILES string of the molecule is CCC(=O)NS(=O)(=O)c1ccc(-c2c(-c3ccccc3)noc2C)cc1.Cc1ccc(NC(=O)c2ccc(CN3CCN(C)CC3)cc2)cc1Nc1nccc(-c2cccnc2)n1.[Na+]. The number of piperazine rings is 1. The van der Waals surface area contributed by atoms with Crippen LogP contribution in [0.3, 0.4) is 0 Å². The Morgan fingerprint density at radius 1 is 0.797 bits per heavy atom. The van der Waals surface area contributed by atoms with Gasteiger partial charge in [-0.15, -0.1) is 0 Å². The molecule has 0 saturated carbocycles. The van der Waals surface area contributed by atoms with Crippen molar-refractivity contribution in [3.8, 4) is 33.6 Å². The molecule has 322 valence electrons. The summed E-state index contributed by atoms with van der Waals surface area (Å²) in [7, 11) is -1.71. The van der Waals surface area contributed by atoms with Gasteiger partial charge in [-0.1, -0.05) is 72.7 Å². The molecule has 1 fully saturated rings. The third-order valence-corrected chi connectivity index (χ3v) is 11.9. The van der Waals surface area contributed by atoms with Crippen molar-refractivity contribution in [2.45, 2.75) is 38.6 Å². The average Bonchev–Trinajstić information content (AvgIpc) is 3.70. The largest absolute Gasteiger partial charge is 1.00 e. The number of amides is 2. The second kappa shape index (κ2) is 22.0. The zero-order valence-corrected chi connectivity index (χ0v) is 39.4. The van der Waals surface area contributed by atoms with Crippen LogP contribution in [0.15, 0.2) is 143 Å². The summed E-state index contributed by atoms with van der Waals surface area (Å²) in [5.41, 5.74) is 9.27. The molecule has 8 rings (SSSR count). The molecule has 2 amide bonds. The van der Waals surface area contributed by atoms with Crippen molar-refractivity contribution in [2.75, 3.05) is 43.9 Å². The minimum absolute atomic E-state index is 0. The number of rotatable bonds is 12. The van der Waals surface area contributed by atoms with E-state index in [4.69, 9.17) is 4.52 Å². The third kappa shape index (κ3) is 12.3. The number of hydrogen-bond donors (Lipinski definition) is 3. The number of aromatic nitrogens is 4. The molecule has 4 aromatic carbocycles. The first-order valence-electron chi connectivity index (χ1n) is 20.6. The van der Waals surface area contributed by atoms with Gasteiger partial charge >= 0.3 is 29.6 Å². The van der Waals surface area contributed by atoms with Crippen LogP contribution in [0.1, 0.15) is 40.6 Å². The maximum atomic E-state index is 12.9. The number of aryl methyl sites for hydroxylation is 2. The standard InChI is InChI=1S/C29H31N7O.C19H18N2O4S.Na/c1-21-5-10-25(18-27(21)34-29-31-13-11-26(33-29)24-4-3-12-30-19-24)32-28(37)23-8-6-22(7-9-23)20-36-16-14-35(2)15-17-36;1-3-17(22)21-26(23,24)16-11-9-14(10-12-16)18-13(2)25-20-19(18)15-7-5-4-6-8-15;/h3-13,18-19H,14-17,20H2,1-2H3,(H,32,37)(H,31,33,34);4-12H,3H2,1-2H3,(H,21,22);/q;;+1. The first kappa shape index (κ1) is 47.4. The minimum atomic E-state index is -3.87. The van der Waals surface area contributed by atoms with Crippen LogP contribution in [0.2, 0.25) is 0 Å². The van der Waals surface area contributed by atoms with Gasteiger partial charge in [0.1, 0.15) is 11.5 Å². The fourth-order valence-electron chi connectivity index (χ4n) is 6.86. The smallest absolute Gasteiger partial charge is 0.360 e. The summed E-state index contributed by atoms with van der Waals surface area (Å²) < 4.78 is 31.8. The van der Waals surface area contributed by atoms with Crippen molar-refractivity contribution in [1.82, 2.24) is 34.6 Å². The maximum Gasteiger partial charge on any atom is 1.00 e. The molecule has 1 saturated heterocycles. The van der Waals surface area contributed by atoms with Gasteiger partial charge in [-0.05, 0) is 92.2 Å². The van der Waals surface area contributed by atoms with Gasteiger partial charge in [-0.3, -0.25) is 19.5 Å². The molecule has 0 spiro atoms. The van der Waals surface area contributed by atoms with E-state index >= 15 is 0 Å². The van der Waals surface area contributed by atoms with Crippen LogP contribution in [0.4, 0.5) is 17.3 Å². The number of carbonyl (C=O) groups excluding carboxylic acids is 2. The number of nitrogens with zero attached hydrogens (tertiary/aromatic N) is 6. The van der Waals surface area contributed by atoms with Gasteiger partial charge < -0.3 is 20.1 Å². The van der Waals surface area contributed by atoms with Crippen LogP contribution in [0.25, 0.3) is 33.6 Å². The summed E-state index contributed by atoms with van der Waals surface area (Å²) in [6, 6.07) is 35.2. The predicted molar refractivity (Wildman–Crippen MR) is 245 cm³/mol. The van der Waals surface area contributed by atoms with Gasteiger partial charge in [-0.25, -0.2) is 23.1 Å². The van der Waals surface area contributed by atoms with E-state index in [1.165, 1.54) is 17.7 Å². The first-order valence-corrected chi connectivity index (χ1v) is 22.0. The molecule has 0 unspecified atom stereocenters. The van der Waals surface area contributed by atoms with Crippen LogP contribution in [-0.2, 0) is 21.4 Å². The van der Waals surface area contributed by atoms with Crippen LogP contribution in [0.5, 0.6) is 0 Å². The minimum Gasteiger partial charge on any atom is -0.360 e. The van der Waals surface area contributed by atoms with Crippen LogP contribution < -0.4 is 44.9 Å². The Morgan fingerprint density at radius 2 is 1.52 bits per heavy atom. The Hall–Kier alpha value is -6.07. The summed E-state index contributed by atoms with van der Waals surface area (Å²) in [6.07, 6.45) is 5.31. The van der Waals surface area contributed by atoms with Crippen molar-refractivity contribution in [1.29, 1.82) is 0 Å². The molecule has 0 atom stereocenters. The first-order chi connectivity index (χ1) is 30.4. The monoisotopic (exact) mass is 886 g/mol. The van der Waals surface area contributed by atoms with Crippen molar-refractivity contribution in [3.05, 3.63) is 156 Å². The Kier molecular flexibility index (Phi) is 16.3. The molecule has 0 radical (unpaired) electrons. The molecule has 0 aliphatic carbocycles. The molecule has 0 bridgehead atoms. The number of carbonyl (C=O) groups is 2. The molecule has 16 heteroatoms. The number of sulfonamides is 1. The van der Waals surface area contributed by atoms with E-state index in [1.807, 2.05) is 103 Å².